The van der Waals surface area contributed by atoms with Gasteiger partial charge in [-0.3, -0.25) is 10.1 Å². The first-order chi connectivity index (χ1) is 12.9. The summed E-state index contributed by atoms with van der Waals surface area (Å²) in [6, 6.07) is 13.3. The van der Waals surface area contributed by atoms with Crippen molar-refractivity contribution in [3.63, 3.8) is 0 Å². The molecule has 8 heteroatoms. The summed E-state index contributed by atoms with van der Waals surface area (Å²) in [5.41, 5.74) is 1.38. The smallest absolute Gasteiger partial charge is 0.322 e. The van der Waals surface area contributed by atoms with Crippen molar-refractivity contribution in [2.75, 3.05) is 5.32 Å². The molecule has 0 saturated carbocycles. The molecule has 0 aliphatic rings. The normalized spacial score (nSPS) is 11.0. The van der Waals surface area contributed by atoms with Crippen LogP contribution in [0.15, 0.2) is 56.2 Å². The number of carbonyl (C=O) groups excluding carboxylic acids is 1. The van der Waals surface area contributed by atoms with E-state index in [0.29, 0.717) is 28.1 Å². The number of thioether (sulfide) groups is 1. The highest BCUT2D eigenvalue weighted by Gasteiger charge is 2.15. The van der Waals surface area contributed by atoms with Crippen LogP contribution in [0, 0.1) is 0 Å². The van der Waals surface area contributed by atoms with Crippen LogP contribution in [0.5, 0.6) is 0 Å². The Labute approximate surface area is 175 Å². The molecule has 2 aromatic carbocycles. The van der Waals surface area contributed by atoms with E-state index < -0.39 is 5.91 Å². The zero-order chi connectivity index (χ0) is 19.4. The Kier molecular flexibility index (Phi) is 6.57. The molecular weight excluding hydrogens is 450 g/mol. The molecule has 0 atom stereocenters. The van der Waals surface area contributed by atoms with E-state index in [1.54, 1.807) is 18.2 Å². The van der Waals surface area contributed by atoms with Gasteiger partial charge < -0.3 is 4.42 Å². The molecule has 1 heterocycles. The van der Waals surface area contributed by atoms with Gasteiger partial charge in [-0.1, -0.05) is 58.6 Å². The van der Waals surface area contributed by atoms with Crippen LogP contribution in [-0.2, 0) is 6.42 Å². The van der Waals surface area contributed by atoms with Gasteiger partial charge in [-0.05, 0) is 35.9 Å². The Bertz CT molecular complexity index is 944. The van der Waals surface area contributed by atoms with Gasteiger partial charge in [0.15, 0.2) is 0 Å². The van der Waals surface area contributed by atoms with Gasteiger partial charge in [0, 0.05) is 14.6 Å². The van der Waals surface area contributed by atoms with Crippen molar-refractivity contribution in [3.8, 4) is 0 Å². The minimum absolute atomic E-state index is 0.0398. The average molecular weight is 467 g/mol. The summed E-state index contributed by atoms with van der Waals surface area (Å²) in [7, 11) is 0. The molecule has 0 saturated heterocycles. The summed E-state index contributed by atoms with van der Waals surface area (Å²) >= 11 is 11.2. The standard InChI is InChI=1S/C19H17BrClN3O2S/c1-11(2)27-14-6-3-12(4-7-14)9-17-23-24-19(26-17)22-18(25)15-10-13(20)5-8-16(15)21/h3-8,10-11H,9H2,1-2H3,(H,22,24,25). The first kappa shape index (κ1) is 19.9. The van der Waals surface area contributed by atoms with Crippen LogP contribution in [0.1, 0.15) is 35.7 Å². The van der Waals surface area contributed by atoms with Gasteiger partial charge in [0.25, 0.3) is 5.91 Å². The number of amides is 1. The average Bonchev–Trinajstić information content (AvgIpc) is 3.05. The number of aromatic nitrogens is 2. The molecule has 1 N–H and O–H groups in total. The van der Waals surface area contributed by atoms with Crippen molar-refractivity contribution in [3.05, 3.63) is 69.0 Å². The van der Waals surface area contributed by atoms with Crippen LogP contribution in [0.25, 0.3) is 0 Å². The summed E-state index contributed by atoms with van der Waals surface area (Å²) in [4.78, 5) is 13.6. The highest BCUT2D eigenvalue weighted by Crippen LogP contribution is 2.24. The fourth-order valence-corrected chi connectivity index (χ4v) is 3.75. The lowest BCUT2D eigenvalue weighted by Gasteiger charge is -2.05. The fourth-order valence-electron chi connectivity index (χ4n) is 2.34. The maximum Gasteiger partial charge on any atom is 0.322 e. The van der Waals surface area contributed by atoms with Crippen LogP contribution in [0.4, 0.5) is 6.01 Å². The van der Waals surface area contributed by atoms with Gasteiger partial charge in [0.2, 0.25) is 5.89 Å². The number of halogens is 2. The van der Waals surface area contributed by atoms with Gasteiger partial charge in [-0.2, -0.15) is 0 Å². The van der Waals surface area contributed by atoms with Crippen LogP contribution >= 0.6 is 39.3 Å². The summed E-state index contributed by atoms with van der Waals surface area (Å²) < 4.78 is 6.28. The monoisotopic (exact) mass is 465 g/mol. The summed E-state index contributed by atoms with van der Waals surface area (Å²) in [5, 5.41) is 11.3. The highest BCUT2D eigenvalue weighted by atomic mass is 79.9. The molecule has 0 aliphatic carbocycles. The number of nitrogens with one attached hydrogen (secondary N) is 1. The zero-order valence-corrected chi connectivity index (χ0v) is 17.9. The maximum atomic E-state index is 12.3. The molecule has 27 heavy (non-hydrogen) atoms. The largest absolute Gasteiger partial charge is 0.407 e. The second-order valence-corrected chi connectivity index (χ2v) is 9.04. The third-order valence-electron chi connectivity index (χ3n) is 3.51. The Morgan fingerprint density at radius 2 is 1.96 bits per heavy atom. The van der Waals surface area contributed by atoms with Crippen LogP contribution in [0.2, 0.25) is 5.02 Å². The highest BCUT2D eigenvalue weighted by molar-refractivity contribution is 9.10. The quantitative estimate of drug-likeness (QED) is 0.463. The first-order valence-electron chi connectivity index (χ1n) is 8.25. The number of nitrogens with zero attached hydrogens (tertiary/aromatic N) is 2. The van der Waals surface area contributed by atoms with Gasteiger partial charge in [-0.25, -0.2) is 0 Å². The lowest BCUT2D eigenvalue weighted by atomic mass is 10.1. The SMILES string of the molecule is CC(C)Sc1ccc(Cc2nnc(NC(=O)c3cc(Br)ccc3Cl)o2)cc1. The van der Waals surface area contributed by atoms with Gasteiger partial charge in [0.1, 0.15) is 0 Å². The Morgan fingerprint density at radius 3 is 2.67 bits per heavy atom. The number of rotatable bonds is 6. The fraction of sp³-hybridized carbons (Fsp3) is 0.211. The third-order valence-corrected chi connectivity index (χ3v) is 5.35. The molecule has 3 aromatic rings. The Morgan fingerprint density at radius 1 is 1.22 bits per heavy atom. The lowest BCUT2D eigenvalue weighted by molar-refractivity contribution is 0.102. The van der Waals surface area contributed by atoms with Crippen LogP contribution in [0.3, 0.4) is 0 Å². The van der Waals surface area contributed by atoms with Gasteiger partial charge >= 0.3 is 6.01 Å². The molecule has 0 radical (unpaired) electrons. The molecule has 0 aliphatic heterocycles. The first-order valence-corrected chi connectivity index (χ1v) is 10.3. The van der Waals surface area contributed by atoms with Crippen molar-refractivity contribution >= 4 is 51.2 Å². The molecule has 1 amide bonds. The van der Waals surface area contributed by atoms with E-state index >= 15 is 0 Å². The molecule has 5 nitrogen and oxygen atoms in total. The Hall–Kier alpha value is -1.83. The molecule has 0 unspecified atom stereocenters. The lowest BCUT2D eigenvalue weighted by Crippen LogP contribution is -2.12. The van der Waals surface area contributed by atoms with E-state index in [-0.39, 0.29) is 6.01 Å². The number of hydrogen-bond acceptors (Lipinski definition) is 5. The van der Waals surface area contributed by atoms with E-state index in [4.69, 9.17) is 16.0 Å². The van der Waals surface area contributed by atoms with Crippen LogP contribution < -0.4 is 5.32 Å². The summed E-state index contributed by atoms with van der Waals surface area (Å²) in [6.07, 6.45) is 0.493. The van der Waals surface area contributed by atoms with Crippen molar-refractivity contribution in [2.24, 2.45) is 0 Å². The topological polar surface area (TPSA) is 68.0 Å². The van der Waals surface area contributed by atoms with Gasteiger partial charge in [-0.15, -0.1) is 16.9 Å². The zero-order valence-electron chi connectivity index (χ0n) is 14.7. The summed E-state index contributed by atoms with van der Waals surface area (Å²) in [5.74, 6) is 0.0152. The third kappa shape index (κ3) is 5.57. The van der Waals surface area contributed by atoms with E-state index in [9.17, 15) is 4.79 Å². The van der Waals surface area contributed by atoms with Crippen molar-refractivity contribution in [2.45, 2.75) is 30.4 Å². The van der Waals surface area contributed by atoms with Crippen molar-refractivity contribution in [1.29, 1.82) is 0 Å². The molecule has 140 valence electrons. The molecule has 0 spiro atoms. The predicted molar refractivity (Wildman–Crippen MR) is 112 cm³/mol. The van der Waals surface area contributed by atoms with Gasteiger partial charge in [0.05, 0.1) is 17.0 Å². The second-order valence-electron chi connectivity index (χ2n) is 6.07. The molecular formula is C19H17BrClN3O2S. The van der Waals surface area contributed by atoms with Crippen molar-refractivity contribution < 1.29 is 9.21 Å². The van der Waals surface area contributed by atoms with E-state index in [1.807, 2.05) is 23.9 Å². The number of benzene rings is 2. The van der Waals surface area contributed by atoms with Crippen LogP contribution in [-0.4, -0.2) is 21.4 Å². The number of anilines is 1. The van der Waals surface area contributed by atoms with E-state index in [0.717, 1.165) is 10.0 Å². The minimum Gasteiger partial charge on any atom is -0.407 e. The van der Waals surface area contributed by atoms with E-state index in [1.165, 1.54) is 4.90 Å². The maximum absolute atomic E-state index is 12.3. The van der Waals surface area contributed by atoms with Crippen molar-refractivity contribution in [1.82, 2.24) is 10.2 Å². The number of hydrogen-bond donors (Lipinski definition) is 1. The minimum atomic E-state index is -0.411. The van der Waals surface area contributed by atoms with E-state index in [2.05, 4.69) is 57.4 Å². The number of carbonyl (C=O) groups is 1. The molecule has 0 bridgehead atoms. The Balaban J connectivity index is 1.64. The summed E-state index contributed by atoms with van der Waals surface area (Å²) in [6.45, 7) is 4.32. The molecule has 3 rings (SSSR count). The second kappa shape index (κ2) is 8.91. The predicted octanol–water partition coefficient (Wildman–Crippen LogP) is 5.83. The molecule has 1 aromatic heterocycles. The molecule has 0 fully saturated rings.